The molecule has 0 fully saturated rings. The van der Waals surface area contributed by atoms with E-state index < -0.39 is 0 Å². The molecule has 0 aromatic heterocycles. The minimum absolute atomic E-state index is 0.0404. The molecule has 1 atom stereocenters. The second kappa shape index (κ2) is 5.47. The zero-order chi connectivity index (χ0) is 13.9. The van der Waals surface area contributed by atoms with Crippen LogP contribution in [-0.2, 0) is 11.2 Å². The van der Waals surface area contributed by atoms with Crippen molar-refractivity contribution >= 4 is 11.6 Å². The van der Waals surface area contributed by atoms with Gasteiger partial charge in [-0.2, -0.15) is 0 Å². The van der Waals surface area contributed by atoms with Crippen molar-refractivity contribution in [1.82, 2.24) is 5.32 Å². The van der Waals surface area contributed by atoms with Gasteiger partial charge in [0.2, 0.25) is 5.91 Å². The molecule has 3 nitrogen and oxygen atoms in total. The summed E-state index contributed by atoms with van der Waals surface area (Å²) in [5.41, 5.74) is 4.44. The lowest BCUT2D eigenvalue weighted by Crippen LogP contribution is -2.29. The number of rotatable bonds is 4. The van der Waals surface area contributed by atoms with Crippen molar-refractivity contribution in [3.8, 4) is 0 Å². The van der Waals surface area contributed by atoms with E-state index in [1.807, 2.05) is 37.3 Å². The van der Waals surface area contributed by atoms with Crippen LogP contribution in [0, 0.1) is 6.92 Å². The fraction of sp³-hybridized carbons (Fsp3) is 0.235. The van der Waals surface area contributed by atoms with Crippen molar-refractivity contribution in [3.63, 3.8) is 0 Å². The molecule has 0 saturated carbocycles. The van der Waals surface area contributed by atoms with Crippen LogP contribution in [0.2, 0.25) is 0 Å². The summed E-state index contributed by atoms with van der Waals surface area (Å²) in [6.45, 7) is 2.83. The second-order valence-corrected chi connectivity index (χ2v) is 5.20. The maximum Gasteiger partial charge on any atom is 0.246 e. The fourth-order valence-corrected chi connectivity index (χ4v) is 2.59. The van der Waals surface area contributed by atoms with Gasteiger partial charge in [-0.05, 0) is 25.0 Å². The average molecular weight is 266 g/mol. The van der Waals surface area contributed by atoms with Crippen molar-refractivity contribution < 1.29 is 4.79 Å². The number of nitrogens with one attached hydrogen (secondary N) is 2. The van der Waals surface area contributed by atoms with Crippen LogP contribution in [0.3, 0.4) is 0 Å². The standard InChI is InChI=1S/C17H18N2O/c1-12-7-8-15-14(11-12)16(17(20)19-15)18-10-9-13-5-3-2-4-6-13/h2-8,11,16,18H,9-10H2,1H3,(H,19,20). The average Bonchev–Trinajstić information content (AvgIpc) is 2.76. The SMILES string of the molecule is Cc1ccc2c(c1)C(NCCc1ccccc1)C(=O)N2. The number of anilines is 1. The molecule has 102 valence electrons. The Bertz CT molecular complexity index is 622. The highest BCUT2D eigenvalue weighted by molar-refractivity contribution is 6.02. The van der Waals surface area contributed by atoms with Gasteiger partial charge in [-0.1, -0.05) is 48.0 Å². The molecule has 1 aliphatic rings. The van der Waals surface area contributed by atoms with Gasteiger partial charge < -0.3 is 10.6 Å². The Kier molecular flexibility index (Phi) is 3.52. The molecule has 0 saturated heterocycles. The maximum atomic E-state index is 12.0. The molecule has 1 unspecified atom stereocenters. The van der Waals surface area contributed by atoms with Gasteiger partial charge in [0.15, 0.2) is 0 Å². The summed E-state index contributed by atoms with van der Waals surface area (Å²) in [4.78, 5) is 12.0. The molecule has 3 rings (SSSR count). The Morgan fingerprint density at radius 2 is 1.95 bits per heavy atom. The van der Waals surface area contributed by atoms with Gasteiger partial charge >= 0.3 is 0 Å². The molecular weight excluding hydrogens is 248 g/mol. The number of amides is 1. The number of aryl methyl sites for hydroxylation is 1. The Balaban J connectivity index is 1.66. The van der Waals surface area contributed by atoms with Gasteiger partial charge in [0.1, 0.15) is 6.04 Å². The quantitative estimate of drug-likeness (QED) is 0.893. The van der Waals surface area contributed by atoms with Gasteiger partial charge in [0.25, 0.3) is 0 Å². The molecule has 0 bridgehead atoms. The highest BCUT2D eigenvalue weighted by atomic mass is 16.2. The van der Waals surface area contributed by atoms with Crippen LogP contribution >= 0.6 is 0 Å². The van der Waals surface area contributed by atoms with E-state index >= 15 is 0 Å². The number of carbonyl (C=O) groups excluding carboxylic acids is 1. The molecular formula is C17H18N2O. The summed E-state index contributed by atoms with van der Waals surface area (Å²) >= 11 is 0. The third-order valence-corrected chi connectivity index (χ3v) is 3.64. The van der Waals surface area contributed by atoms with Crippen molar-refractivity contribution in [2.24, 2.45) is 0 Å². The molecule has 3 heteroatoms. The largest absolute Gasteiger partial charge is 0.324 e. The Morgan fingerprint density at radius 3 is 2.75 bits per heavy atom. The first-order valence-electron chi connectivity index (χ1n) is 6.93. The van der Waals surface area contributed by atoms with E-state index in [4.69, 9.17) is 0 Å². The minimum Gasteiger partial charge on any atom is -0.324 e. The van der Waals surface area contributed by atoms with Crippen molar-refractivity contribution in [3.05, 3.63) is 65.2 Å². The van der Waals surface area contributed by atoms with Gasteiger partial charge in [0.05, 0.1) is 0 Å². The molecule has 2 aromatic rings. The van der Waals surface area contributed by atoms with Gasteiger partial charge in [-0.15, -0.1) is 0 Å². The maximum absolute atomic E-state index is 12.0. The predicted octanol–water partition coefficient (Wildman–Crippen LogP) is 2.82. The summed E-state index contributed by atoms with van der Waals surface area (Å²) in [6, 6.07) is 16.1. The van der Waals surface area contributed by atoms with Crippen molar-refractivity contribution in [2.75, 3.05) is 11.9 Å². The normalized spacial score (nSPS) is 16.9. The monoisotopic (exact) mass is 266 g/mol. The summed E-state index contributed by atoms with van der Waals surface area (Å²) < 4.78 is 0. The summed E-state index contributed by atoms with van der Waals surface area (Å²) in [6.07, 6.45) is 0.922. The van der Waals surface area contributed by atoms with Crippen LogP contribution in [0.1, 0.15) is 22.7 Å². The lowest BCUT2D eigenvalue weighted by Gasteiger charge is -2.11. The fourth-order valence-electron chi connectivity index (χ4n) is 2.59. The van der Waals surface area contributed by atoms with E-state index in [2.05, 4.69) is 28.8 Å². The van der Waals surface area contributed by atoms with Crippen molar-refractivity contribution in [1.29, 1.82) is 0 Å². The Labute approximate surface area is 119 Å². The first-order chi connectivity index (χ1) is 9.74. The van der Waals surface area contributed by atoms with Crippen molar-refractivity contribution in [2.45, 2.75) is 19.4 Å². The van der Waals surface area contributed by atoms with Crippen LogP contribution < -0.4 is 10.6 Å². The summed E-state index contributed by atoms with van der Waals surface area (Å²) in [7, 11) is 0. The molecule has 2 N–H and O–H groups in total. The van der Waals surface area contributed by atoms with E-state index in [1.165, 1.54) is 11.1 Å². The first kappa shape index (κ1) is 12.9. The smallest absolute Gasteiger partial charge is 0.246 e. The highest BCUT2D eigenvalue weighted by Crippen LogP contribution is 2.31. The van der Waals surface area contributed by atoms with Crippen LogP contribution in [0.4, 0.5) is 5.69 Å². The van der Waals surface area contributed by atoms with Crippen LogP contribution in [0.15, 0.2) is 48.5 Å². The van der Waals surface area contributed by atoms with E-state index in [1.54, 1.807) is 0 Å². The minimum atomic E-state index is -0.228. The Morgan fingerprint density at radius 1 is 1.15 bits per heavy atom. The molecule has 1 heterocycles. The topological polar surface area (TPSA) is 41.1 Å². The zero-order valence-corrected chi connectivity index (χ0v) is 11.5. The first-order valence-corrected chi connectivity index (χ1v) is 6.93. The van der Waals surface area contributed by atoms with Gasteiger partial charge in [-0.3, -0.25) is 4.79 Å². The molecule has 0 aliphatic carbocycles. The number of benzene rings is 2. The zero-order valence-electron chi connectivity index (χ0n) is 11.5. The molecule has 1 amide bonds. The molecule has 20 heavy (non-hydrogen) atoms. The number of hydrogen-bond donors (Lipinski definition) is 2. The summed E-state index contributed by atoms with van der Waals surface area (Å²) in [5.74, 6) is 0.0404. The molecule has 1 aliphatic heterocycles. The van der Waals surface area contributed by atoms with E-state index in [0.717, 1.165) is 24.2 Å². The predicted molar refractivity (Wildman–Crippen MR) is 80.7 cm³/mol. The van der Waals surface area contributed by atoms with E-state index in [9.17, 15) is 4.79 Å². The number of hydrogen-bond acceptors (Lipinski definition) is 2. The lowest BCUT2D eigenvalue weighted by atomic mass is 10.0. The second-order valence-electron chi connectivity index (χ2n) is 5.20. The van der Waals surface area contributed by atoms with Gasteiger partial charge in [-0.25, -0.2) is 0 Å². The highest BCUT2D eigenvalue weighted by Gasteiger charge is 2.29. The van der Waals surface area contributed by atoms with Crippen LogP contribution in [-0.4, -0.2) is 12.5 Å². The number of carbonyl (C=O) groups is 1. The third kappa shape index (κ3) is 2.58. The third-order valence-electron chi connectivity index (χ3n) is 3.64. The number of fused-ring (bicyclic) bond motifs is 1. The molecule has 2 aromatic carbocycles. The summed E-state index contributed by atoms with van der Waals surface area (Å²) in [5, 5.41) is 6.27. The molecule has 0 radical (unpaired) electrons. The van der Waals surface area contributed by atoms with E-state index in [-0.39, 0.29) is 11.9 Å². The van der Waals surface area contributed by atoms with Crippen LogP contribution in [0.25, 0.3) is 0 Å². The van der Waals surface area contributed by atoms with Gasteiger partial charge in [0, 0.05) is 17.8 Å². The Hall–Kier alpha value is -2.13. The lowest BCUT2D eigenvalue weighted by molar-refractivity contribution is -0.117. The molecule has 0 spiro atoms. The van der Waals surface area contributed by atoms with Crippen LogP contribution in [0.5, 0.6) is 0 Å². The van der Waals surface area contributed by atoms with E-state index in [0.29, 0.717) is 0 Å².